The number of nitrogens with zero attached hydrogens (tertiary/aromatic N) is 3. The second-order valence-electron chi connectivity index (χ2n) is 6.47. The van der Waals surface area contributed by atoms with E-state index in [1.807, 2.05) is 30.3 Å². The Morgan fingerprint density at radius 1 is 1.24 bits per heavy atom. The number of benzene rings is 1. The van der Waals surface area contributed by atoms with E-state index in [0.29, 0.717) is 19.0 Å². The molecule has 29 heavy (non-hydrogen) atoms. The molecular weight excluding hydrogens is 376 g/mol. The summed E-state index contributed by atoms with van der Waals surface area (Å²) < 4.78 is 10.3. The Morgan fingerprint density at radius 2 is 2.07 bits per heavy atom. The van der Waals surface area contributed by atoms with Gasteiger partial charge in [-0.15, -0.1) is 0 Å². The average molecular weight is 400 g/mol. The molecule has 2 heterocycles. The second kappa shape index (κ2) is 10.1. The van der Waals surface area contributed by atoms with Gasteiger partial charge in [0.2, 0.25) is 11.8 Å². The molecule has 1 fully saturated rings. The van der Waals surface area contributed by atoms with Crippen molar-refractivity contribution in [2.45, 2.75) is 25.5 Å². The van der Waals surface area contributed by atoms with Crippen LogP contribution in [0.25, 0.3) is 0 Å². The number of rotatable bonds is 6. The molecule has 10 heteroatoms. The van der Waals surface area contributed by atoms with Gasteiger partial charge in [0.15, 0.2) is 0 Å². The SMILES string of the molecule is COc1ccnc(NNC(=O)N2CCC[C@@H](NC(=O)OCc3ccccc3)C2)n1. The third-order valence-corrected chi connectivity index (χ3v) is 4.36. The maximum atomic E-state index is 12.4. The summed E-state index contributed by atoms with van der Waals surface area (Å²) in [6, 6.07) is 10.5. The molecule has 1 aromatic carbocycles. The van der Waals surface area contributed by atoms with Gasteiger partial charge in [0.1, 0.15) is 6.61 Å². The predicted octanol–water partition coefficient (Wildman–Crippen LogP) is 1.91. The third kappa shape index (κ3) is 6.23. The van der Waals surface area contributed by atoms with Gasteiger partial charge in [0, 0.05) is 31.4 Å². The number of hydrogen-bond acceptors (Lipinski definition) is 7. The van der Waals surface area contributed by atoms with Gasteiger partial charge < -0.3 is 19.7 Å². The van der Waals surface area contributed by atoms with Crippen LogP contribution in [-0.2, 0) is 11.3 Å². The number of methoxy groups -OCH3 is 1. The quantitative estimate of drug-likeness (QED) is 0.634. The summed E-state index contributed by atoms with van der Waals surface area (Å²) in [5.41, 5.74) is 6.12. The number of hydrazine groups is 1. The molecule has 3 rings (SSSR count). The smallest absolute Gasteiger partial charge is 0.407 e. The van der Waals surface area contributed by atoms with Crippen LogP contribution in [0.15, 0.2) is 42.6 Å². The van der Waals surface area contributed by atoms with Gasteiger partial charge in [0.25, 0.3) is 0 Å². The first-order valence-corrected chi connectivity index (χ1v) is 9.29. The lowest BCUT2D eigenvalue weighted by atomic mass is 10.1. The second-order valence-corrected chi connectivity index (χ2v) is 6.47. The number of hydrogen-bond donors (Lipinski definition) is 3. The number of piperidine rings is 1. The van der Waals surface area contributed by atoms with Gasteiger partial charge in [0.05, 0.1) is 7.11 Å². The molecule has 1 atom stereocenters. The average Bonchev–Trinajstić information content (AvgIpc) is 2.77. The summed E-state index contributed by atoms with van der Waals surface area (Å²) in [6.45, 7) is 1.17. The highest BCUT2D eigenvalue weighted by Crippen LogP contribution is 2.11. The van der Waals surface area contributed by atoms with E-state index >= 15 is 0 Å². The lowest BCUT2D eigenvalue weighted by molar-refractivity contribution is 0.126. The van der Waals surface area contributed by atoms with Crippen molar-refractivity contribution in [3.8, 4) is 5.88 Å². The number of amides is 3. The Hall–Kier alpha value is -3.56. The zero-order chi connectivity index (χ0) is 20.5. The molecule has 154 valence electrons. The van der Waals surface area contributed by atoms with E-state index in [4.69, 9.17) is 9.47 Å². The van der Waals surface area contributed by atoms with Crippen LogP contribution in [0.1, 0.15) is 18.4 Å². The minimum absolute atomic E-state index is 0.175. The van der Waals surface area contributed by atoms with Crippen molar-refractivity contribution < 1.29 is 19.1 Å². The molecule has 3 N–H and O–H groups in total. The fraction of sp³-hybridized carbons (Fsp3) is 0.368. The van der Waals surface area contributed by atoms with Gasteiger partial charge in [-0.25, -0.2) is 20.0 Å². The number of anilines is 1. The van der Waals surface area contributed by atoms with Crippen LogP contribution in [0.5, 0.6) is 5.88 Å². The first-order valence-electron chi connectivity index (χ1n) is 9.29. The van der Waals surface area contributed by atoms with E-state index in [9.17, 15) is 9.59 Å². The Labute approximate surface area is 168 Å². The molecule has 0 spiro atoms. The number of ether oxygens (including phenoxy) is 2. The Kier molecular flexibility index (Phi) is 7.04. The standard InChI is InChI=1S/C19H24N6O4/c1-28-16-9-10-20-17(22-16)23-24-18(26)25-11-5-8-15(12-25)21-19(27)29-13-14-6-3-2-4-7-14/h2-4,6-7,9-10,15H,5,8,11-13H2,1H3,(H,21,27)(H,24,26)(H,20,22,23)/t15-/m1/s1. The molecule has 0 radical (unpaired) electrons. The van der Waals surface area contributed by atoms with Crippen LogP contribution < -0.4 is 20.9 Å². The fourth-order valence-electron chi connectivity index (χ4n) is 2.92. The van der Waals surface area contributed by atoms with E-state index in [-0.39, 0.29) is 24.6 Å². The summed E-state index contributed by atoms with van der Waals surface area (Å²) in [5.74, 6) is 0.599. The van der Waals surface area contributed by atoms with Crippen LogP contribution in [0.2, 0.25) is 0 Å². The van der Waals surface area contributed by atoms with Gasteiger partial charge >= 0.3 is 12.1 Å². The van der Waals surface area contributed by atoms with Crippen molar-refractivity contribution in [1.29, 1.82) is 0 Å². The van der Waals surface area contributed by atoms with Gasteiger partial charge in [-0.3, -0.25) is 5.43 Å². The molecule has 1 saturated heterocycles. The van der Waals surface area contributed by atoms with E-state index < -0.39 is 6.09 Å². The molecule has 1 aliphatic rings. The van der Waals surface area contributed by atoms with Crippen molar-refractivity contribution in [2.24, 2.45) is 0 Å². The van der Waals surface area contributed by atoms with E-state index in [0.717, 1.165) is 18.4 Å². The molecule has 0 aliphatic carbocycles. The van der Waals surface area contributed by atoms with Crippen molar-refractivity contribution >= 4 is 18.1 Å². The summed E-state index contributed by atoms with van der Waals surface area (Å²) in [4.78, 5) is 34.1. The van der Waals surface area contributed by atoms with Crippen LogP contribution in [-0.4, -0.2) is 53.2 Å². The molecule has 10 nitrogen and oxygen atoms in total. The number of alkyl carbamates (subject to hydrolysis) is 1. The maximum absolute atomic E-state index is 12.4. The third-order valence-electron chi connectivity index (χ3n) is 4.36. The van der Waals surface area contributed by atoms with Crippen molar-refractivity contribution in [3.63, 3.8) is 0 Å². The number of likely N-dealkylation sites (tertiary alicyclic amines) is 1. The summed E-state index contributed by atoms with van der Waals surface area (Å²) in [5, 5.41) is 2.82. The zero-order valence-corrected chi connectivity index (χ0v) is 16.1. The Morgan fingerprint density at radius 3 is 2.86 bits per heavy atom. The lowest BCUT2D eigenvalue weighted by Gasteiger charge is -2.32. The molecule has 1 aromatic heterocycles. The fourth-order valence-corrected chi connectivity index (χ4v) is 2.92. The van der Waals surface area contributed by atoms with Crippen LogP contribution in [0.3, 0.4) is 0 Å². The molecule has 0 saturated carbocycles. The highest BCUT2D eigenvalue weighted by Gasteiger charge is 2.25. The highest BCUT2D eigenvalue weighted by molar-refractivity contribution is 5.75. The number of carbonyl (C=O) groups is 2. The summed E-state index contributed by atoms with van der Waals surface area (Å²) >= 11 is 0. The molecule has 0 bridgehead atoms. The molecule has 3 amide bonds. The Balaban J connectivity index is 1.43. The molecule has 1 aliphatic heterocycles. The number of urea groups is 1. The minimum Gasteiger partial charge on any atom is -0.481 e. The summed E-state index contributed by atoms with van der Waals surface area (Å²) in [7, 11) is 1.50. The van der Waals surface area contributed by atoms with Crippen molar-refractivity contribution in [2.75, 3.05) is 25.6 Å². The van der Waals surface area contributed by atoms with Crippen LogP contribution in [0, 0.1) is 0 Å². The monoisotopic (exact) mass is 400 g/mol. The first kappa shape index (κ1) is 20.2. The Bertz CT molecular complexity index is 819. The topological polar surface area (TPSA) is 118 Å². The van der Waals surface area contributed by atoms with Gasteiger partial charge in [-0.2, -0.15) is 4.98 Å². The highest BCUT2D eigenvalue weighted by atomic mass is 16.5. The normalized spacial score (nSPS) is 15.9. The van der Waals surface area contributed by atoms with E-state index in [2.05, 4.69) is 26.1 Å². The largest absolute Gasteiger partial charge is 0.481 e. The van der Waals surface area contributed by atoms with Crippen molar-refractivity contribution in [1.82, 2.24) is 25.6 Å². The van der Waals surface area contributed by atoms with E-state index in [1.54, 1.807) is 11.0 Å². The van der Waals surface area contributed by atoms with Gasteiger partial charge in [-0.1, -0.05) is 30.3 Å². The molecule has 0 unspecified atom stereocenters. The molecular formula is C19H24N6O4. The predicted molar refractivity (Wildman–Crippen MR) is 105 cm³/mol. The number of carbonyl (C=O) groups excluding carboxylic acids is 2. The zero-order valence-electron chi connectivity index (χ0n) is 16.1. The van der Waals surface area contributed by atoms with Crippen molar-refractivity contribution in [3.05, 3.63) is 48.2 Å². The number of nitrogens with one attached hydrogen (secondary N) is 3. The van der Waals surface area contributed by atoms with E-state index in [1.165, 1.54) is 13.3 Å². The van der Waals surface area contributed by atoms with Crippen LogP contribution >= 0.6 is 0 Å². The minimum atomic E-state index is -0.496. The molecule has 2 aromatic rings. The number of aromatic nitrogens is 2. The maximum Gasteiger partial charge on any atom is 0.407 e. The summed E-state index contributed by atoms with van der Waals surface area (Å²) in [6.07, 6.45) is 2.56. The lowest BCUT2D eigenvalue weighted by Crippen LogP contribution is -2.53. The first-order chi connectivity index (χ1) is 14.1. The van der Waals surface area contributed by atoms with Gasteiger partial charge in [-0.05, 0) is 18.4 Å². The van der Waals surface area contributed by atoms with Crippen LogP contribution in [0.4, 0.5) is 15.5 Å².